The highest BCUT2D eigenvalue weighted by Crippen LogP contribution is 2.17. The van der Waals surface area contributed by atoms with Crippen molar-refractivity contribution in [1.29, 1.82) is 0 Å². The van der Waals surface area contributed by atoms with Crippen LogP contribution in [0.15, 0.2) is 54.6 Å². The minimum absolute atomic E-state index is 0.0107. The summed E-state index contributed by atoms with van der Waals surface area (Å²) in [4.78, 5) is 10.1. The molecule has 0 aliphatic heterocycles. The molecule has 0 bridgehead atoms. The first-order valence-electron chi connectivity index (χ1n) is 6.94. The molecule has 0 aliphatic carbocycles. The van der Waals surface area contributed by atoms with Crippen molar-refractivity contribution < 1.29 is 15.1 Å². The summed E-state index contributed by atoms with van der Waals surface area (Å²) in [5.41, 5.74) is 1.38. The normalized spacial score (nSPS) is 13.5. The van der Waals surface area contributed by atoms with Crippen molar-refractivity contribution in [3.63, 3.8) is 0 Å². The fourth-order valence-corrected chi connectivity index (χ4v) is 2.09. The summed E-state index contributed by atoms with van der Waals surface area (Å²) in [7, 11) is 0. The van der Waals surface area contributed by atoms with Gasteiger partial charge in [0.05, 0.1) is 17.1 Å². The fraction of sp³-hybridized carbons (Fsp3) is 0.250. The number of nitrogens with zero attached hydrogens (tertiary/aromatic N) is 1. The number of hydrogen-bond donors (Lipinski definition) is 3. The lowest BCUT2D eigenvalue weighted by molar-refractivity contribution is -0.384. The van der Waals surface area contributed by atoms with Crippen molar-refractivity contribution in [2.45, 2.75) is 12.2 Å². The van der Waals surface area contributed by atoms with Crippen molar-refractivity contribution in [2.24, 2.45) is 0 Å². The zero-order chi connectivity index (χ0) is 15.9. The van der Waals surface area contributed by atoms with Crippen LogP contribution in [0.3, 0.4) is 0 Å². The Hall–Kier alpha value is -2.28. The van der Waals surface area contributed by atoms with Gasteiger partial charge in [-0.1, -0.05) is 30.3 Å². The maximum absolute atomic E-state index is 10.6. The summed E-state index contributed by atoms with van der Waals surface area (Å²) in [5.74, 6) is 0. The number of aliphatic hydroxyl groups is 2. The SMILES string of the molecule is O=[N+]([O-])c1ccc([C@@H](O)CNC[C@@H](O)c2ccccc2)cc1. The number of aliphatic hydroxyl groups excluding tert-OH is 2. The maximum atomic E-state index is 10.6. The topological polar surface area (TPSA) is 95.6 Å². The Morgan fingerprint density at radius 1 is 0.909 bits per heavy atom. The van der Waals surface area contributed by atoms with Gasteiger partial charge in [-0.15, -0.1) is 0 Å². The zero-order valence-electron chi connectivity index (χ0n) is 11.9. The monoisotopic (exact) mass is 302 g/mol. The van der Waals surface area contributed by atoms with Gasteiger partial charge in [-0.05, 0) is 23.3 Å². The van der Waals surface area contributed by atoms with Gasteiger partial charge in [-0.3, -0.25) is 10.1 Å². The van der Waals surface area contributed by atoms with Gasteiger partial charge >= 0.3 is 0 Å². The lowest BCUT2D eigenvalue weighted by atomic mass is 10.1. The molecule has 0 saturated carbocycles. The Balaban J connectivity index is 1.82. The van der Waals surface area contributed by atoms with Crippen LogP contribution in [0.25, 0.3) is 0 Å². The minimum atomic E-state index is -0.788. The van der Waals surface area contributed by atoms with Gasteiger partial charge in [0.15, 0.2) is 0 Å². The first-order chi connectivity index (χ1) is 10.6. The second kappa shape index (κ2) is 7.65. The number of nitrogens with one attached hydrogen (secondary N) is 1. The third-order valence-electron chi connectivity index (χ3n) is 3.35. The highest BCUT2D eigenvalue weighted by molar-refractivity contribution is 5.33. The Kier molecular flexibility index (Phi) is 5.60. The predicted molar refractivity (Wildman–Crippen MR) is 82.3 cm³/mol. The molecule has 2 aromatic rings. The van der Waals surface area contributed by atoms with Gasteiger partial charge in [0.25, 0.3) is 5.69 Å². The van der Waals surface area contributed by atoms with Gasteiger partial charge in [0, 0.05) is 25.2 Å². The summed E-state index contributed by atoms with van der Waals surface area (Å²) in [5, 5.41) is 33.6. The highest BCUT2D eigenvalue weighted by Gasteiger charge is 2.12. The van der Waals surface area contributed by atoms with Gasteiger partial charge in [-0.2, -0.15) is 0 Å². The van der Waals surface area contributed by atoms with E-state index < -0.39 is 17.1 Å². The van der Waals surface area contributed by atoms with E-state index in [9.17, 15) is 20.3 Å². The fourth-order valence-electron chi connectivity index (χ4n) is 2.09. The molecule has 6 heteroatoms. The van der Waals surface area contributed by atoms with E-state index in [1.165, 1.54) is 24.3 Å². The van der Waals surface area contributed by atoms with E-state index in [1.54, 1.807) is 0 Å². The Bertz CT molecular complexity index is 601. The van der Waals surface area contributed by atoms with Crippen LogP contribution in [0.1, 0.15) is 23.3 Å². The first kappa shape index (κ1) is 16.1. The van der Waals surface area contributed by atoms with Gasteiger partial charge in [0.2, 0.25) is 0 Å². The average Bonchev–Trinajstić information content (AvgIpc) is 2.55. The molecule has 0 unspecified atom stereocenters. The molecule has 3 N–H and O–H groups in total. The highest BCUT2D eigenvalue weighted by atomic mass is 16.6. The molecule has 0 spiro atoms. The maximum Gasteiger partial charge on any atom is 0.269 e. The molecule has 22 heavy (non-hydrogen) atoms. The summed E-state index contributed by atoms with van der Waals surface area (Å²) >= 11 is 0. The molecule has 0 radical (unpaired) electrons. The predicted octanol–water partition coefficient (Wildman–Crippen LogP) is 1.95. The summed E-state index contributed by atoms with van der Waals surface area (Å²) in [6.07, 6.45) is -1.44. The second-order valence-corrected chi connectivity index (χ2v) is 4.95. The molecule has 2 aromatic carbocycles. The van der Waals surface area contributed by atoms with Crippen LogP contribution in [-0.2, 0) is 0 Å². The molecule has 2 rings (SSSR count). The third kappa shape index (κ3) is 4.36. The van der Waals surface area contributed by atoms with Crippen molar-refractivity contribution in [3.8, 4) is 0 Å². The molecule has 2 atom stereocenters. The number of non-ortho nitro benzene ring substituents is 1. The van der Waals surface area contributed by atoms with Gasteiger partial charge in [0.1, 0.15) is 0 Å². The van der Waals surface area contributed by atoms with Crippen LogP contribution in [0, 0.1) is 10.1 Å². The number of hydrogen-bond acceptors (Lipinski definition) is 5. The van der Waals surface area contributed by atoms with Crippen LogP contribution in [0.2, 0.25) is 0 Å². The van der Waals surface area contributed by atoms with Crippen LogP contribution in [0.4, 0.5) is 5.69 Å². The Labute approximate surface area is 128 Å². The number of rotatable bonds is 7. The zero-order valence-corrected chi connectivity index (χ0v) is 11.9. The molecular formula is C16H18N2O4. The number of nitro benzene ring substituents is 1. The van der Waals surface area contributed by atoms with Gasteiger partial charge in [-0.25, -0.2) is 0 Å². The van der Waals surface area contributed by atoms with E-state index in [0.717, 1.165) is 5.56 Å². The van der Waals surface area contributed by atoms with Crippen LogP contribution in [0.5, 0.6) is 0 Å². The summed E-state index contributed by atoms with van der Waals surface area (Å²) in [6.45, 7) is 0.565. The molecule has 0 heterocycles. The molecule has 6 nitrogen and oxygen atoms in total. The molecule has 0 fully saturated rings. The minimum Gasteiger partial charge on any atom is -0.387 e. The molecule has 0 amide bonds. The largest absolute Gasteiger partial charge is 0.387 e. The van der Waals surface area contributed by atoms with E-state index in [-0.39, 0.29) is 12.2 Å². The van der Waals surface area contributed by atoms with E-state index >= 15 is 0 Å². The lowest BCUT2D eigenvalue weighted by Crippen LogP contribution is -2.26. The van der Waals surface area contributed by atoms with E-state index in [4.69, 9.17) is 0 Å². The van der Waals surface area contributed by atoms with Crippen LogP contribution < -0.4 is 5.32 Å². The first-order valence-corrected chi connectivity index (χ1v) is 6.94. The van der Waals surface area contributed by atoms with Crippen LogP contribution >= 0.6 is 0 Å². The second-order valence-electron chi connectivity index (χ2n) is 4.95. The van der Waals surface area contributed by atoms with E-state index in [2.05, 4.69) is 5.32 Å². The van der Waals surface area contributed by atoms with Crippen LogP contribution in [-0.4, -0.2) is 28.2 Å². The van der Waals surface area contributed by atoms with Crippen molar-refractivity contribution in [1.82, 2.24) is 5.32 Å². The average molecular weight is 302 g/mol. The van der Waals surface area contributed by atoms with Crippen molar-refractivity contribution in [3.05, 3.63) is 75.8 Å². The Morgan fingerprint density at radius 2 is 1.41 bits per heavy atom. The van der Waals surface area contributed by atoms with Crippen molar-refractivity contribution in [2.75, 3.05) is 13.1 Å². The summed E-state index contributed by atoms with van der Waals surface area (Å²) in [6, 6.07) is 15.0. The quantitative estimate of drug-likeness (QED) is 0.536. The molecule has 0 saturated heterocycles. The molecule has 0 aliphatic rings. The number of nitro groups is 1. The lowest BCUT2D eigenvalue weighted by Gasteiger charge is -2.15. The molecule has 0 aromatic heterocycles. The summed E-state index contributed by atoms with van der Waals surface area (Å²) < 4.78 is 0. The number of benzene rings is 2. The van der Waals surface area contributed by atoms with Crippen molar-refractivity contribution >= 4 is 5.69 Å². The smallest absolute Gasteiger partial charge is 0.269 e. The van der Waals surface area contributed by atoms with Gasteiger partial charge < -0.3 is 15.5 Å². The van der Waals surface area contributed by atoms with E-state index in [0.29, 0.717) is 12.1 Å². The third-order valence-corrected chi connectivity index (χ3v) is 3.35. The standard InChI is InChI=1S/C16H18N2O4/c19-15(12-4-2-1-3-5-12)10-17-11-16(20)13-6-8-14(9-7-13)18(21)22/h1-9,15-17,19-20H,10-11H2/t15-,16+/m1/s1. The van der Waals surface area contributed by atoms with E-state index in [1.807, 2.05) is 30.3 Å². The Morgan fingerprint density at radius 3 is 1.91 bits per heavy atom. The molecule has 116 valence electrons. The molecular weight excluding hydrogens is 284 g/mol.